The van der Waals surface area contributed by atoms with E-state index in [1.165, 1.54) is 5.56 Å². The Morgan fingerprint density at radius 1 is 1.18 bits per heavy atom. The monoisotopic (exact) mass is 448 g/mol. The molecule has 1 aliphatic heterocycles. The first kappa shape index (κ1) is 22.9. The quantitative estimate of drug-likeness (QED) is 0.375. The van der Waals surface area contributed by atoms with Gasteiger partial charge in [0.25, 0.3) is 0 Å². The maximum Gasteiger partial charge on any atom is 0.226 e. The van der Waals surface area contributed by atoms with Gasteiger partial charge < -0.3 is 24.5 Å². The lowest BCUT2D eigenvalue weighted by Gasteiger charge is -2.15. The van der Waals surface area contributed by atoms with E-state index in [0.717, 1.165) is 54.7 Å². The molecule has 2 N–H and O–H groups in total. The minimum Gasteiger partial charge on any atom is -0.493 e. The van der Waals surface area contributed by atoms with Crippen molar-refractivity contribution in [3.05, 3.63) is 71.6 Å². The molecule has 0 bridgehead atoms. The number of benzene rings is 2. The van der Waals surface area contributed by atoms with Crippen molar-refractivity contribution in [1.29, 1.82) is 0 Å². The first-order chi connectivity index (χ1) is 16.2. The SMILES string of the molecule is CCNC(=NCc1ccc(C)cc1OCC1CCOC1)NCc1coc(-c2ccccc2)n1. The Kier molecular flexibility index (Phi) is 7.98. The molecule has 0 saturated carbocycles. The number of hydrogen-bond donors (Lipinski definition) is 2. The molecule has 0 spiro atoms. The number of guanidine groups is 1. The lowest BCUT2D eigenvalue weighted by Crippen LogP contribution is -2.36. The summed E-state index contributed by atoms with van der Waals surface area (Å²) in [6.45, 7) is 8.20. The van der Waals surface area contributed by atoms with E-state index in [9.17, 15) is 0 Å². The Labute approximate surface area is 195 Å². The van der Waals surface area contributed by atoms with Crippen LogP contribution < -0.4 is 15.4 Å². The maximum atomic E-state index is 6.16. The van der Waals surface area contributed by atoms with Crippen LogP contribution in [0.15, 0.2) is 64.2 Å². The lowest BCUT2D eigenvalue weighted by atomic mass is 10.1. The summed E-state index contributed by atoms with van der Waals surface area (Å²) in [6.07, 6.45) is 2.74. The van der Waals surface area contributed by atoms with Crippen LogP contribution in [0.4, 0.5) is 0 Å². The fourth-order valence-corrected chi connectivity index (χ4v) is 3.63. The topological polar surface area (TPSA) is 80.9 Å². The highest BCUT2D eigenvalue weighted by molar-refractivity contribution is 5.79. The minimum atomic E-state index is 0.462. The summed E-state index contributed by atoms with van der Waals surface area (Å²) in [7, 11) is 0. The Morgan fingerprint density at radius 3 is 2.85 bits per heavy atom. The summed E-state index contributed by atoms with van der Waals surface area (Å²) < 4.78 is 17.3. The summed E-state index contributed by atoms with van der Waals surface area (Å²) in [5.74, 6) is 2.69. The number of oxazole rings is 1. The van der Waals surface area contributed by atoms with Crippen LogP contribution in [-0.4, -0.2) is 37.3 Å². The molecule has 0 radical (unpaired) electrons. The highest BCUT2D eigenvalue weighted by atomic mass is 16.5. The number of nitrogens with one attached hydrogen (secondary N) is 2. The van der Waals surface area contributed by atoms with Crippen molar-refractivity contribution in [2.45, 2.75) is 33.4 Å². The van der Waals surface area contributed by atoms with Crippen molar-refractivity contribution >= 4 is 5.96 Å². The van der Waals surface area contributed by atoms with Crippen molar-refractivity contribution in [1.82, 2.24) is 15.6 Å². The number of ether oxygens (including phenoxy) is 2. The predicted molar refractivity (Wildman–Crippen MR) is 129 cm³/mol. The highest BCUT2D eigenvalue weighted by Crippen LogP contribution is 2.23. The van der Waals surface area contributed by atoms with Crippen LogP contribution in [0.5, 0.6) is 5.75 Å². The molecule has 4 rings (SSSR count). The summed E-state index contributed by atoms with van der Waals surface area (Å²) in [6, 6.07) is 16.1. The Morgan fingerprint density at radius 2 is 2.06 bits per heavy atom. The zero-order chi connectivity index (χ0) is 22.9. The number of rotatable bonds is 9. The summed E-state index contributed by atoms with van der Waals surface area (Å²) in [5.41, 5.74) is 4.01. The van der Waals surface area contributed by atoms with Crippen LogP contribution >= 0.6 is 0 Å². The molecule has 1 saturated heterocycles. The number of hydrogen-bond acceptors (Lipinski definition) is 5. The van der Waals surface area contributed by atoms with E-state index in [0.29, 0.717) is 31.5 Å². The van der Waals surface area contributed by atoms with Crippen molar-refractivity contribution in [3.8, 4) is 17.2 Å². The van der Waals surface area contributed by atoms with Crippen molar-refractivity contribution in [3.63, 3.8) is 0 Å². The lowest BCUT2D eigenvalue weighted by molar-refractivity contribution is 0.166. The van der Waals surface area contributed by atoms with Crippen molar-refractivity contribution in [2.75, 3.05) is 26.4 Å². The van der Waals surface area contributed by atoms with Gasteiger partial charge in [-0.2, -0.15) is 0 Å². The molecule has 7 nitrogen and oxygen atoms in total. The van der Waals surface area contributed by atoms with Crippen LogP contribution in [0.3, 0.4) is 0 Å². The maximum absolute atomic E-state index is 6.16. The first-order valence-corrected chi connectivity index (χ1v) is 11.5. The van der Waals surface area contributed by atoms with Crippen LogP contribution in [0.25, 0.3) is 11.5 Å². The number of nitrogens with zero attached hydrogens (tertiary/aromatic N) is 2. The van der Waals surface area contributed by atoms with Gasteiger partial charge in [-0.05, 0) is 44.0 Å². The summed E-state index contributed by atoms with van der Waals surface area (Å²) in [5, 5.41) is 6.63. The molecule has 2 heterocycles. The zero-order valence-corrected chi connectivity index (χ0v) is 19.3. The number of aromatic nitrogens is 1. The fourth-order valence-electron chi connectivity index (χ4n) is 3.63. The molecule has 0 amide bonds. The third-order valence-electron chi connectivity index (χ3n) is 5.48. The summed E-state index contributed by atoms with van der Waals surface area (Å²) >= 11 is 0. The second-order valence-electron chi connectivity index (χ2n) is 8.21. The molecule has 0 aliphatic carbocycles. The standard InChI is InChI=1S/C26H32N4O3/c1-3-27-26(29-15-23-18-33-25(30-23)21-7-5-4-6-8-21)28-14-22-10-9-19(2)13-24(22)32-17-20-11-12-31-16-20/h4-10,13,18,20H,3,11-12,14-17H2,1-2H3,(H2,27,28,29). The van der Waals surface area contributed by atoms with E-state index in [2.05, 4.69) is 40.7 Å². The van der Waals surface area contributed by atoms with Crippen LogP contribution in [0.1, 0.15) is 30.2 Å². The van der Waals surface area contributed by atoms with Gasteiger partial charge in [0.1, 0.15) is 12.0 Å². The van der Waals surface area contributed by atoms with Gasteiger partial charge in [0.2, 0.25) is 5.89 Å². The average Bonchev–Trinajstić information content (AvgIpc) is 3.53. The second kappa shape index (κ2) is 11.5. The molecule has 1 unspecified atom stereocenters. The van der Waals surface area contributed by atoms with Gasteiger partial charge in [-0.25, -0.2) is 9.98 Å². The Hall–Kier alpha value is -3.32. The molecular weight excluding hydrogens is 416 g/mol. The highest BCUT2D eigenvalue weighted by Gasteiger charge is 2.17. The third-order valence-corrected chi connectivity index (χ3v) is 5.48. The fraction of sp³-hybridized carbons (Fsp3) is 0.385. The second-order valence-corrected chi connectivity index (χ2v) is 8.21. The summed E-state index contributed by atoms with van der Waals surface area (Å²) in [4.78, 5) is 9.34. The Balaban J connectivity index is 1.38. The normalized spacial score (nSPS) is 16.1. The van der Waals surface area contributed by atoms with Gasteiger partial charge in [-0.3, -0.25) is 0 Å². The predicted octanol–water partition coefficient (Wildman–Crippen LogP) is 4.32. The van der Waals surface area contributed by atoms with Gasteiger partial charge >= 0.3 is 0 Å². The van der Waals surface area contributed by atoms with Crippen molar-refractivity contribution in [2.24, 2.45) is 10.9 Å². The molecule has 174 valence electrons. The molecule has 2 aromatic carbocycles. The van der Waals surface area contributed by atoms with Gasteiger partial charge in [0.05, 0.1) is 32.0 Å². The van der Waals surface area contributed by atoms with Crippen LogP contribution in [0, 0.1) is 12.8 Å². The van der Waals surface area contributed by atoms with Gasteiger partial charge in [-0.15, -0.1) is 0 Å². The molecule has 1 fully saturated rings. The smallest absolute Gasteiger partial charge is 0.226 e. The largest absolute Gasteiger partial charge is 0.493 e. The first-order valence-electron chi connectivity index (χ1n) is 11.5. The average molecular weight is 449 g/mol. The van der Waals surface area contributed by atoms with E-state index in [-0.39, 0.29) is 0 Å². The zero-order valence-electron chi connectivity index (χ0n) is 19.3. The Bertz CT molecular complexity index is 1040. The molecule has 1 aliphatic rings. The van der Waals surface area contributed by atoms with E-state index in [1.54, 1.807) is 6.26 Å². The van der Waals surface area contributed by atoms with Crippen LogP contribution in [-0.2, 0) is 17.8 Å². The van der Waals surface area contributed by atoms with E-state index < -0.39 is 0 Å². The molecule has 7 heteroatoms. The van der Waals surface area contributed by atoms with E-state index in [4.69, 9.17) is 18.9 Å². The number of aryl methyl sites for hydroxylation is 1. The van der Waals surface area contributed by atoms with Gasteiger partial charge in [0, 0.05) is 30.2 Å². The third kappa shape index (κ3) is 6.58. The number of aliphatic imine (C=N–C) groups is 1. The molecule has 33 heavy (non-hydrogen) atoms. The molecule has 1 atom stereocenters. The molecule has 3 aromatic rings. The van der Waals surface area contributed by atoms with E-state index >= 15 is 0 Å². The van der Waals surface area contributed by atoms with Gasteiger partial charge in [0.15, 0.2) is 5.96 Å². The van der Waals surface area contributed by atoms with Crippen molar-refractivity contribution < 1.29 is 13.9 Å². The van der Waals surface area contributed by atoms with Gasteiger partial charge in [-0.1, -0.05) is 30.3 Å². The molecular formula is C26H32N4O3. The van der Waals surface area contributed by atoms with E-state index in [1.807, 2.05) is 37.3 Å². The molecule has 1 aromatic heterocycles. The minimum absolute atomic E-state index is 0.462. The van der Waals surface area contributed by atoms with Crippen LogP contribution in [0.2, 0.25) is 0 Å².